The Bertz CT molecular complexity index is 430. The summed E-state index contributed by atoms with van der Waals surface area (Å²) >= 11 is 0. The Morgan fingerprint density at radius 2 is 1.94 bits per heavy atom. The number of ether oxygens (including phenoxy) is 2. The summed E-state index contributed by atoms with van der Waals surface area (Å²) < 4.78 is 10.6. The summed E-state index contributed by atoms with van der Waals surface area (Å²) in [7, 11) is 0. The van der Waals surface area contributed by atoms with Gasteiger partial charge in [0.2, 0.25) is 6.79 Å². The van der Waals surface area contributed by atoms with Crippen LogP contribution >= 0.6 is 0 Å². The zero-order chi connectivity index (χ0) is 11.6. The molecule has 0 amide bonds. The van der Waals surface area contributed by atoms with Crippen molar-refractivity contribution < 1.29 is 9.47 Å². The number of benzene rings is 1. The van der Waals surface area contributed by atoms with Gasteiger partial charge in [0, 0.05) is 0 Å². The molecule has 0 saturated carbocycles. The van der Waals surface area contributed by atoms with Crippen LogP contribution in [0, 0.1) is 11.3 Å². The van der Waals surface area contributed by atoms with Crippen molar-refractivity contribution >= 4 is 0 Å². The number of hydrogen-bond donors (Lipinski definition) is 0. The van der Waals surface area contributed by atoms with Gasteiger partial charge in [-0.05, 0) is 30.5 Å². The summed E-state index contributed by atoms with van der Waals surface area (Å²) in [4.78, 5) is 0. The van der Waals surface area contributed by atoms with Gasteiger partial charge in [-0.2, -0.15) is 5.26 Å². The minimum atomic E-state index is -0.402. The predicted molar refractivity (Wildman–Crippen MR) is 60.4 cm³/mol. The molecule has 1 aliphatic heterocycles. The Balaban J connectivity index is 2.44. The van der Waals surface area contributed by atoms with E-state index in [0.717, 1.165) is 29.9 Å². The van der Waals surface area contributed by atoms with Crippen molar-refractivity contribution in [3.8, 4) is 17.6 Å². The standard InChI is InChI=1S/C13H15NO2/c1-3-13(4-2,8-14)10-5-6-11-12(7-10)16-9-15-11/h5-7H,3-4,9H2,1-2H3. The third-order valence-corrected chi connectivity index (χ3v) is 3.35. The van der Waals surface area contributed by atoms with Gasteiger partial charge in [-0.15, -0.1) is 0 Å². The van der Waals surface area contributed by atoms with Crippen LogP contribution in [0.25, 0.3) is 0 Å². The molecule has 0 radical (unpaired) electrons. The van der Waals surface area contributed by atoms with Crippen LogP contribution in [0.4, 0.5) is 0 Å². The second-order valence-corrected chi connectivity index (χ2v) is 3.97. The molecule has 3 heteroatoms. The molecule has 84 valence electrons. The SMILES string of the molecule is CCC(C#N)(CC)c1ccc2c(c1)OCO2. The smallest absolute Gasteiger partial charge is 0.231 e. The first-order valence-corrected chi connectivity index (χ1v) is 5.57. The summed E-state index contributed by atoms with van der Waals surface area (Å²) in [5.74, 6) is 1.52. The molecule has 0 aromatic heterocycles. The molecule has 16 heavy (non-hydrogen) atoms. The van der Waals surface area contributed by atoms with E-state index in [0.29, 0.717) is 0 Å². The Morgan fingerprint density at radius 1 is 1.25 bits per heavy atom. The maximum Gasteiger partial charge on any atom is 0.231 e. The van der Waals surface area contributed by atoms with E-state index < -0.39 is 5.41 Å². The topological polar surface area (TPSA) is 42.2 Å². The van der Waals surface area contributed by atoms with Gasteiger partial charge in [-0.25, -0.2) is 0 Å². The van der Waals surface area contributed by atoms with E-state index in [1.165, 1.54) is 0 Å². The fourth-order valence-electron chi connectivity index (χ4n) is 2.08. The van der Waals surface area contributed by atoms with Gasteiger partial charge in [0.1, 0.15) is 0 Å². The van der Waals surface area contributed by atoms with Crippen LogP contribution in [-0.4, -0.2) is 6.79 Å². The van der Waals surface area contributed by atoms with Crippen LogP contribution in [0.15, 0.2) is 18.2 Å². The van der Waals surface area contributed by atoms with Crippen molar-refractivity contribution in [1.29, 1.82) is 5.26 Å². The van der Waals surface area contributed by atoms with Crippen molar-refractivity contribution in [3.05, 3.63) is 23.8 Å². The van der Waals surface area contributed by atoms with Crippen molar-refractivity contribution in [1.82, 2.24) is 0 Å². The molecule has 0 fully saturated rings. The van der Waals surface area contributed by atoms with Crippen molar-refractivity contribution in [2.24, 2.45) is 0 Å². The highest BCUT2D eigenvalue weighted by Gasteiger charge is 2.29. The zero-order valence-corrected chi connectivity index (χ0v) is 9.62. The monoisotopic (exact) mass is 217 g/mol. The lowest BCUT2D eigenvalue weighted by molar-refractivity contribution is 0.174. The zero-order valence-electron chi connectivity index (χ0n) is 9.62. The molecule has 0 bridgehead atoms. The van der Waals surface area contributed by atoms with Crippen LogP contribution in [0.5, 0.6) is 11.5 Å². The summed E-state index contributed by atoms with van der Waals surface area (Å²) in [6.45, 7) is 4.35. The van der Waals surface area contributed by atoms with E-state index in [1.807, 2.05) is 32.0 Å². The molecule has 1 heterocycles. The Kier molecular flexibility index (Phi) is 2.74. The first kappa shape index (κ1) is 10.8. The molecule has 0 unspecified atom stereocenters. The number of rotatable bonds is 3. The second kappa shape index (κ2) is 4.05. The van der Waals surface area contributed by atoms with E-state index >= 15 is 0 Å². The van der Waals surface area contributed by atoms with Crippen LogP contribution < -0.4 is 9.47 Å². The molecular weight excluding hydrogens is 202 g/mol. The van der Waals surface area contributed by atoms with Gasteiger partial charge >= 0.3 is 0 Å². The van der Waals surface area contributed by atoms with Crippen LogP contribution in [-0.2, 0) is 5.41 Å². The van der Waals surface area contributed by atoms with Gasteiger partial charge in [-0.1, -0.05) is 19.9 Å². The number of nitriles is 1. The molecule has 0 atom stereocenters. The van der Waals surface area contributed by atoms with E-state index in [4.69, 9.17) is 9.47 Å². The highest BCUT2D eigenvalue weighted by molar-refractivity contribution is 5.48. The van der Waals surface area contributed by atoms with E-state index in [2.05, 4.69) is 6.07 Å². The number of fused-ring (bicyclic) bond motifs is 1. The minimum absolute atomic E-state index is 0.274. The molecule has 3 nitrogen and oxygen atoms in total. The van der Waals surface area contributed by atoms with Gasteiger partial charge in [-0.3, -0.25) is 0 Å². The summed E-state index contributed by atoms with van der Waals surface area (Å²) in [5, 5.41) is 9.36. The minimum Gasteiger partial charge on any atom is -0.454 e. The molecule has 0 aliphatic carbocycles. The first-order chi connectivity index (χ1) is 7.75. The second-order valence-electron chi connectivity index (χ2n) is 3.97. The Morgan fingerprint density at radius 3 is 2.56 bits per heavy atom. The Labute approximate surface area is 95.6 Å². The lowest BCUT2D eigenvalue weighted by atomic mass is 9.77. The highest BCUT2D eigenvalue weighted by Crippen LogP contribution is 2.38. The summed E-state index contributed by atoms with van der Waals surface area (Å²) in [6, 6.07) is 8.20. The Hall–Kier alpha value is -1.69. The molecule has 1 aromatic rings. The molecule has 1 aromatic carbocycles. The third kappa shape index (κ3) is 1.51. The van der Waals surface area contributed by atoms with Crippen LogP contribution in [0.3, 0.4) is 0 Å². The van der Waals surface area contributed by atoms with Gasteiger partial charge < -0.3 is 9.47 Å². The summed E-state index contributed by atoms with van der Waals surface area (Å²) in [5.41, 5.74) is 0.616. The maximum atomic E-state index is 9.36. The quantitative estimate of drug-likeness (QED) is 0.781. The maximum absolute atomic E-state index is 9.36. The van der Waals surface area contributed by atoms with Crippen molar-refractivity contribution in [2.75, 3.05) is 6.79 Å². The lowest BCUT2D eigenvalue weighted by Crippen LogP contribution is -2.21. The fraction of sp³-hybridized carbons (Fsp3) is 0.462. The molecule has 0 saturated heterocycles. The highest BCUT2D eigenvalue weighted by atomic mass is 16.7. The molecule has 2 rings (SSSR count). The third-order valence-electron chi connectivity index (χ3n) is 3.35. The van der Waals surface area contributed by atoms with E-state index in [-0.39, 0.29) is 6.79 Å². The van der Waals surface area contributed by atoms with Crippen molar-refractivity contribution in [2.45, 2.75) is 32.1 Å². The average Bonchev–Trinajstić information content (AvgIpc) is 2.79. The molecular formula is C13H15NO2. The normalized spacial score (nSPS) is 13.6. The average molecular weight is 217 g/mol. The number of nitrogens with zero attached hydrogens (tertiary/aromatic N) is 1. The van der Waals surface area contributed by atoms with Crippen LogP contribution in [0.2, 0.25) is 0 Å². The van der Waals surface area contributed by atoms with E-state index in [9.17, 15) is 5.26 Å². The lowest BCUT2D eigenvalue weighted by Gasteiger charge is -2.23. The largest absolute Gasteiger partial charge is 0.454 e. The van der Waals surface area contributed by atoms with Gasteiger partial charge in [0.05, 0.1) is 11.5 Å². The van der Waals surface area contributed by atoms with Gasteiger partial charge in [0.25, 0.3) is 0 Å². The van der Waals surface area contributed by atoms with Gasteiger partial charge in [0.15, 0.2) is 11.5 Å². The first-order valence-electron chi connectivity index (χ1n) is 5.57. The molecule has 0 spiro atoms. The summed E-state index contributed by atoms with van der Waals surface area (Å²) in [6.07, 6.45) is 1.61. The van der Waals surface area contributed by atoms with Crippen molar-refractivity contribution in [3.63, 3.8) is 0 Å². The van der Waals surface area contributed by atoms with Crippen LogP contribution in [0.1, 0.15) is 32.3 Å². The van der Waals surface area contributed by atoms with E-state index in [1.54, 1.807) is 0 Å². The number of hydrogen-bond acceptors (Lipinski definition) is 3. The fourth-order valence-corrected chi connectivity index (χ4v) is 2.08. The predicted octanol–water partition coefficient (Wildman–Crippen LogP) is 3.00. The molecule has 0 N–H and O–H groups in total. The molecule has 1 aliphatic rings.